The highest BCUT2D eigenvalue weighted by Gasteiger charge is 2.26. The molecule has 1 aromatic carbocycles. The molecule has 1 aliphatic heterocycles. The van der Waals surface area contributed by atoms with E-state index in [2.05, 4.69) is 35.1 Å². The number of hydrogen-bond acceptors (Lipinski definition) is 7. The smallest absolute Gasteiger partial charge is 0.345 e. The number of carbonyl (C=O) groups excluding carboxylic acids is 1. The first kappa shape index (κ1) is 26.0. The molecule has 1 fully saturated rings. The molecular weight excluding hydrogens is 511 g/mol. The molecule has 1 aliphatic rings. The van der Waals surface area contributed by atoms with Crippen molar-refractivity contribution in [3.05, 3.63) is 79.2 Å². The summed E-state index contributed by atoms with van der Waals surface area (Å²) >= 11 is 4.10. The average molecular weight is 536 g/mol. The minimum absolute atomic E-state index is 0.0627. The lowest BCUT2D eigenvalue weighted by Gasteiger charge is -2.38. The highest BCUT2D eigenvalue weighted by molar-refractivity contribution is 8.13. The van der Waals surface area contributed by atoms with Crippen LogP contribution in [0.2, 0.25) is 0 Å². The van der Waals surface area contributed by atoms with Crippen molar-refractivity contribution >= 4 is 45.6 Å². The summed E-state index contributed by atoms with van der Waals surface area (Å²) in [5.74, 6) is 6.15. The van der Waals surface area contributed by atoms with E-state index in [9.17, 15) is 9.59 Å². The third-order valence-corrected chi connectivity index (χ3v) is 8.47. The number of hydrazine groups is 1. The van der Waals surface area contributed by atoms with Crippen molar-refractivity contribution in [1.29, 1.82) is 5.26 Å². The van der Waals surface area contributed by atoms with Gasteiger partial charge in [0.15, 0.2) is 0 Å². The van der Waals surface area contributed by atoms with Gasteiger partial charge in [0.05, 0.1) is 11.1 Å². The number of amides is 1. The van der Waals surface area contributed by atoms with Gasteiger partial charge in [0.2, 0.25) is 0 Å². The molecule has 0 bridgehead atoms. The van der Waals surface area contributed by atoms with Gasteiger partial charge in [-0.15, -0.1) is 22.7 Å². The Morgan fingerprint density at radius 3 is 2.72 bits per heavy atom. The molecule has 9 heteroatoms. The molecule has 0 radical (unpaired) electrons. The van der Waals surface area contributed by atoms with Crippen LogP contribution in [0.15, 0.2) is 47.2 Å². The predicted octanol–water partition coefficient (Wildman–Crippen LogP) is 5.73. The van der Waals surface area contributed by atoms with Crippen LogP contribution in [0.4, 0.5) is 4.79 Å². The standard InChI is InChI=1S/C27H25N3O3S3/c28-17-23-19-34-18-22(23)8-7-21-6-3-5-20(16-21)4-1-2-12-29-14-15-35-27(33)30(29)13-11-24-9-10-25(36-24)26(31)32/h3,5-6,9-10,16,18-19H,1-2,4,11-15H2,(H,31,32). The normalized spacial score (nSPS) is 13.8. The molecule has 36 heavy (non-hydrogen) atoms. The number of nitriles is 1. The highest BCUT2D eigenvalue weighted by Crippen LogP contribution is 2.22. The van der Waals surface area contributed by atoms with E-state index in [1.165, 1.54) is 40.0 Å². The first-order valence-corrected chi connectivity index (χ1v) is 14.4. The monoisotopic (exact) mass is 535 g/mol. The van der Waals surface area contributed by atoms with Gasteiger partial charge in [-0.1, -0.05) is 35.7 Å². The minimum Gasteiger partial charge on any atom is -0.477 e. The summed E-state index contributed by atoms with van der Waals surface area (Å²) in [7, 11) is 0. The highest BCUT2D eigenvalue weighted by atomic mass is 32.2. The summed E-state index contributed by atoms with van der Waals surface area (Å²) in [4.78, 5) is 25.0. The van der Waals surface area contributed by atoms with Gasteiger partial charge in [0.1, 0.15) is 10.9 Å². The lowest BCUT2D eigenvalue weighted by molar-refractivity contribution is 0.0270. The first-order valence-electron chi connectivity index (χ1n) is 11.6. The molecule has 0 aliphatic carbocycles. The molecule has 184 valence electrons. The fourth-order valence-electron chi connectivity index (χ4n) is 3.91. The van der Waals surface area contributed by atoms with Gasteiger partial charge >= 0.3 is 5.97 Å². The van der Waals surface area contributed by atoms with Crippen molar-refractivity contribution in [2.45, 2.75) is 25.7 Å². The largest absolute Gasteiger partial charge is 0.477 e. The van der Waals surface area contributed by atoms with E-state index in [1.807, 2.05) is 34.0 Å². The molecule has 3 aromatic rings. The van der Waals surface area contributed by atoms with Crippen molar-refractivity contribution in [1.82, 2.24) is 10.0 Å². The summed E-state index contributed by atoms with van der Waals surface area (Å²) < 4.78 is 0. The van der Waals surface area contributed by atoms with E-state index in [0.717, 1.165) is 54.1 Å². The zero-order chi connectivity index (χ0) is 25.3. The molecule has 6 nitrogen and oxygen atoms in total. The molecule has 1 saturated heterocycles. The quantitative estimate of drug-likeness (QED) is 0.278. The Hall–Kier alpha value is -3.08. The number of aryl methyl sites for hydroxylation is 1. The number of hydrogen-bond donors (Lipinski definition) is 1. The van der Waals surface area contributed by atoms with Crippen molar-refractivity contribution in [2.75, 3.05) is 25.4 Å². The number of thioether (sulfide) groups is 1. The van der Waals surface area contributed by atoms with Crippen LogP contribution in [0, 0.1) is 23.2 Å². The van der Waals surface area contributed by atoms with Crippen LogP contribution in [-0.4, -0.2) is 51.7 Å². The van der Waals surface area contributed by atoms with Crippen LogP contribution in [-0.2, 0) is 12.8 Å². The van der Waals surface area contributed by atoms with E-state index in [0.29, 0.717) is 23.4 Å². The second kappa shape index (κ2) is 12.8. The van der Waals surface area contributed by atoms with Crippen LogP contribution < -0.4 is 0 Å². The topological polar surface area (TPSA) is 84.6 Å². The molecule has 0 spiro atoms. The Bertz CT molecular complexity index is 1330. The van der Waals surface area contributed by atoms with Crippen molar-refractivity contribution < 1.29 is 14.7 Å². The fraction of sp³-hybridized carbons (Fsp3) is 0.296. The van der Waals surface area contributed by atoms with Gasteiger partial charge in [-0.05, 0) is 49.1 Å². The maximum Gasteiger partial charge on any atom is 0.345 e. The molecular formula is C27H25N3O3S3. The Labute approximate surface area is 223 Å². The zero-order valence-electron chi connectivity index (χ0n) is 19.6. The average Bonchev–Trinajstić information content (AvgIpc) is 3.55. The van der Waals surface area contributed by atoms with Crippen LogP contribution in [0.5, 0.6) is 0 Å². The molecule has 4 rings (SSSR count). The number of benzene rings is 1. The molecule has 1 N–H and O–H groups in total. The van der Waals surface area contributed by atoms with Crippen molar-refractivity contribution in [3.63, 3.8) is 0 Å². The number of carboxylic acid groups (broad SMARTS) is 1. The van der Waals surface area contributed by atoms with Crippen LogP contribution in [0.3, 0.4) is 0 Å². The van der Waals surface area contributed by atoms with E-state index in [4.69, 9.17) is 10.4 Å². The second-order valence-electron chi connectivity index (χ2n) is 8.23. The summed E-state index contributed by atoms with van der Waals surface area (Å²) in [6, 6.07) is 13.8. The van der Waals surface area contributed by atoms with Gasteiger partial charge in [-0.2, -0.15) is 5.26 Å². The van der Waals surface area contributed by atoms with Gasteiger partial charge < -0.3 is 5.11 Å². The van der Waals surface area contributed by atoms with Crippen LogP contribution >= 0.6 is 34.4 Å². The number of aromatic carboxylic acids is 1. The van der Waals surface area contributed by atoms with Crippen LogP contribution in [0.25, 0.3) is 0 Å². The second-order valence-corrected chi connectivity index (χ2v) is 11.2. The van der Waals surface area contributed by atoms with Crippen LogP contribution in [0.1, 0.15) is 49.6 Å². The summed E-state index contributed by atoms with van der Waals surface area (Å²) in [5, 5.41) is 26.0. The molecule has 0 unspecified atom stereocenters. The van der Waals surface area contributed by atoms with Crippen molar-refractivity contribution in [3.8, 4) is 17.9 Å². The Morgan fingerprint density at radius 2 is 1.92 bits per heavy atom. The van der Waals surface area contributed by atoms with E-state index < -0.39 is 5.97 Å². The van der Waals surface area contributed by atoms with Gasteiger partial charge in [-0.3, -0.25) is 9.80 Å². The SMILES string of the molecule is N#Cc1cscc1C#Cc1cccc(CCCCN2CCSC(=O)N2CCc2ccc(C(=O)O)s2)c1. The summed E-state index contributed by atoms with van der Waals surface area (Å²) in [5.41, 5.74) is 3.55. The van der Waals surface area contributed by atoms with Gasteiger partial charge in [-0.25, -0.2) is 9.80 Å². The predicted molar refractivity (Wildman–Crippen MR) is 146 cm³/mol. The molecule has 1 amide bonds. The maximum absolute atomic E-state index is 12.5. The molecule has 0 saturated carbocycles. The van der Waals surface area contributed by atoms with Gasteiger partial charge in [0, 0.05) is 53.0 Å². The third-order valence-electron chi connectivity index (χ3n) is 5.75. The number of thiophene rings is 2. The Kier molecular flexibility index (Phi) is 9.21. The van der Waals surface area contributed by atoms with E-state index >= 15 is 0 Å². The summed E-state index contributed by atoms with van der Waals surface area (Å²) in [6.45, 7) is 2.20. The van der Waals surface area contributed by atoms with Gasteiger partial charge in [0.25, 0.3) is 5.24 Å². The Balaban J connectivity index is 1.27. The lowest BCUT2D eigenvalue weighted by atomic mass is 10.0. The first-order chi connectivity index (χ1) is 17.5. The fourth-order valence-corrected chi connectivity index (χ4v) is 6.28. The molecule has 3 heterocycles. The summed E-state index contributed by atoms with van der Waals surface area (Å²) in [6.07, 6.45) is 3.54. The number of rotatable bonds is 9. The Morgan fingerprint density at radius 1 is 1.06 bits per heavy atom. The van der Waals surface area contributed by atoms with E-state index in [1.54, 1.807) is 6.07 Å². The maximum atomic E-state index is 12.5. The minimum atomic E-state index is -0.911. The molecule has 2 aromatic heterocycles. The zero-order valence-corrected chi connectivity index (χ0v) is 22.1. The number of carboxylic acids is 1. The number of nitrogens with zero attached hydrogens (tertiary/aromatic N) is 3. The van der Waals surface area contributed by atoms with Crippen molar-refractivity contribution in [2.24, 2.45) is 0 Å². The molecule has 0 atom stereocenters. The third kappa shape index (κ3) is 6.99. The number of unbranched alkanes of at least 4 members (excludes halogenated alkanes) is 1. The van der Waals surface area contributed by atoms with E-state index in [-0.39, 0.29) is 5.24 Å². The number of carbonyl (C=O) groups is 2. The lowest BCUT2D eigenvalue weighted by Crippen LogP contribution is -2.50.